The number of piperidine rings is 1. The number of nitrogens with zero attached hydrogens (tertiary/aromatic N) is 1. The van der Waals surface area contributed by atoms with Crippen molar-refractivity contribution in [3.8, 4) is 0 Å². The lowest BCUT2D eigenvalue weighted by molar-refractivity contribution is 0.0571. The molecule has 2 N–H and O–H groups in total. The highest BCUT2D eigenvalue weighted by Gasteiger charge is 2.34. The van der Waals surface area contributed by atoms with Crippen molar-refractivity contribution in [3.05, 3.63) is 0 Å². The minimum Gasteiger partial charge on any atom is -0.392 e. The Labute approximate surface area is 102 Å². The Morgan fingerprint density at radius 2 is 2.25 bits per heavy atom. The second kappa shape index (κ2) is 5.39. The van der Waals surface area contributed by atoms with E-state index in [2.05, 4.69) is 0 Å². The molecule has 16 heavy (non-hydrogen) atoms. The predicted octanol–water partition coefficient (Wildman–Crippen LogP) is 0.102. The van der Waals surface area contributed by atoms with Gasteiger partial charge in [-0.1, -0.05) is 12.2 Å². The summed E-state index contributed by atoms with van der Waals surface area (Å²) in [5, 5.41) is -0.807. The van der Waals surface area contributed by atoms with Crippen LogP contribution in [0, 0.1) is 0 Å². The van der Waals surface area contributed by atoms with E-state index in [-0.39, 0.29) is 11.1 Å². The SMILES string of the molecule is COC1CCCN(S(=O)(=O)C(C)C(N)=S)C1. The number of rotatable bonds is 4. The van der Waals surface area contributed by atoms with Gasteiger partial charge in [0.2, 0.25) is 10.0 Å². The van der Waals surface area contributed by atoms with Crippen LogP contribution in [0.15, 0.2) is 0 Å². The van der Waals surface area contributed by atoms with Crippen LogP contribution in [0.4, 0.5) is 0 Å². The molecule has 0 amide bonds. The van der Waals surface area contributed by atoms with Crippen molar-refractivity contribution in [2.75, 3.05) is 20.2 Å². The van der Waals surface area contributed by atoms with Gasteiger partial charge in [0.25, 0.3) is 0 Å². The summed E-state index contributed by atoms with van der Waals surface area (Å²) < 4.78 is 30.8. The Balaban J connectivity index is 2.79. The van der Waals surface area contributed by atoms with Gasteiger partial charge in [-0.25, -0.2) is 8.42 Å². The van der Waals surface area contributed by atoms with Gasteiger partial charge in [0, 0.05) is 20.2 Å². The summed E-state index contributed by atoms with van der Waals surface area (Å²) in [4.78, 5) is 0.0135. The first-order valence-electron chi connectivity index (χ1n) is 5.20. The average Bonchev–Trinajstić information content (AvgIpc) is 2.27. The Morgan fingerprint density at radius 3 is 2.75 bits per heavy atom. The number of hydrogen-bond donors (Lipinski definition) is 1. The van der Waals surface area contributed by atoms with Crippen LogP contribution in [0.1, 0.15) is 19.8 Å². The van der Waals surface area contributed by atoms with Gasteiger partial charge < -0.3 is 10.5 Å². The maximum Gasteiger partial charge on any atom is 0.223 e. The third-order valence-electron chi connectivity index (χ3n) is 2.88. The van der Waals surface area contributed by atoms with E-state index in [0.29, 0.717) is 13.1 Å². The molecule has 1 aliphatic rings. The molecule has 0 aromatic rings. The van der Waals surface area contributed by atoms with Crippen LogP contribution in [-0.4, -0.2) is 49.3 Å². The van der Waals surface area contributed by atoms with Gasteiger partial charge in [-0.15, -0.1) is 0 Å². The lowest BCUT2D eigenvalue weighted by atomic mass is 10.1. The van der Waals surface area contributed by atoms with E-state index in [4.69, 9.17) is 22.7 Å². The zero-order valence-electron chi connectivity index (χ0n) is 9.55. The standard InChI is InChI=1S/C9H18N2O3S2/c1-7(9(10)15)16(12,13)11-5-3-4-8(6-11)14-2/h7-8H,3-6H2,1-2H3,(H2,10,15). The van der Waals surface area contributed by atoms with Crippen molar-refractivity contribution in [2.45, 2.75) is 31.1 Å². The molecule has 0 aromatic heterocycles. The first-order valence-corrected chi connectivity index (χ1v) is 7.11. The predicted molar refractivity (Wildman–Crippen MR) is 66.8 cm³/mol. The average molecular weight is 266 g/mol. The van der Waals surface area contributed by atoms with Gasteiger partial charge in [0.1, 0.15) is 5.25 Å². The molecule has 0 aliphatic carbocycles. The van der Waals surface area contributed by atoms with Crippen molar-refractivity contribution in [1.82, 2.24) is 4.31 Å². The number of methoxy groups -OCH3 is 1. The van der Waals surface area contributed by atoms with Crippen LogP contribution in [0.5, 0.6) is 0 Å². The van der Waals surface area contributed by atoms with Crippen molar-refractivity contribution >= 4 is 27.2 Å². The molecule has 2 unspecified atom stereocenters. The van der Waals surface area contributed by atoms with Crippen LogP contribution in [0.2, 0.25) is 0 Å². The molecule has 1 saturated heterocycles. The Kier molecular flexibility index (Phi) is 4.66. The molecule has 2 atom stereocenters. The highest BCUT2D eigenvalue weighted by Crippen LogP contribution is 2.18. The van der Waals surface area contributed by atoms with Crippen LogP contribution in [-0.2, 0) is 14.8 Å². The zero-order valence-corrected chi connectivity index (χ0v) is 11.2. The summed E-state index contributed by atoms with van der Waals surface area (Å²) in [7, 11) is -1.82. The summed E-state index contributed by atoms with van der Waals surface area (Å²) in [6.07, 6.45) is 1.67. The van der Waals surface area contributed by atoms with Crippen molar-refractivity contribution in [2.24, 2.45) is 5.73 Å². The summed E-state index contributed by atoms with van der Waals surface area (Å²) in [6, 6.07) is 0. The number of nitrogens with two attached hydrogens (primary N) is 1. The smallest absolute Gasteiger partial charge is 0.223 e. The topological polar surface area (TPSA) is 72.6 Å². The summed E-state index contributed by atoms with van der Waals surface area (Å²) in [5.74, 6) is 0. The normalized spacial score (nSPS) is 25.2. The quantitative estimate of drug-likeness (QED) is 0.731. The molecule has 94 valence electrons. The number of sulfonamides is 1. The van der Waals surface area contributed by atoms with Crippen LogP contribution >= 0.6 is 12.2 Å². The zero-order chi connectivity index (χ0) is 12.3. The molecule has 1 fully saturated rings. The van der Waals surface area contributed by atoms with Gasteiger partial charge in [-0.3, -0.25) is 0 Å². The maximum absolute atomic E-state index is 12.1. The Morgan fingerprint density at radius 1 is 1.62 bits per heavy atom. The first kappa shape index (κ1) is 13.8. The fraction of sp³-hybridized carbons (Fsp3) is 0.889. The fourth-order valence-corrected chi connectivity index (χ4v) is 3.56. The highest BCUT2D eigenvalue weighted by molar-refractivity contribution is 7.92. The summed E-state index contributed by atoms with van der Waals surface area (Å²) in [5.41, 5.74) is 5.39. The Bertz CT molecular complexity index is 356. The molecule has 1 aliphatic heterocycles. The minimum atomic E-state index is -3.42. The molecule has 0 aromatic carbocycles. The molecule has 0 radical (unpaired) electrons. The van der Waals surface area contributed by atoms with Crippen molar-refractivity contribution < 1.29 is 13.2 Å². The molecule has 0 spiro atoms. The number of hydrogen-bond acceptors (Lipinski definition) is 4. The highest BCUT2D eigenvalue weighted by atomic mass is 32.2. The van der Waals surface area contributed by atoms with E-state index in [9.17, 15) is 8.42 Å². The molecule has 0 saturated carbocycles. The van der Waals surface area contributed by atoms with E-state index in [1.807, 2.05) is 0 Å². The lowest BCUT2D eigenvalue weighted by Crippen LogP contribution is -2.48. The Hall–Kier alpha value is -0.240. The van der Waals surface area contributed by atoms with Crippen molar-refractivity contribution in [1.29, 1.82) is 0 Å². The fourth-order valence-electron chi connectivity index (χ4n) is 1.70. The van der Waals surface area contributed by atoms with Crippen LogP contribution < -0.4 is 5.73 Å². The third kappa shape index (κ3) is 2.91. The first-order chi connectivity index (χ1) is 7.39. The van der Waals surface area contributed by atoms with Gasteiger partial charge >= 0.3 is 0 Å². The molecule has 1 rings (SSSR count). The largest absolute Gasteiger partial charge is 0.392 e. The number of thiocarbonyl (C=S) groups is 1. The second-order valence-electron chi connectivity index (χ2n) is 3.95. The lowest BCUT2D eigenvalue weighted by Gasteiger charge is -2.32. The van der Waals surface area contributed by atoms with E-state index in [0.717, 1.165) is 12.8 Å². The third-order valence-corrected chi connectivity index (χ3v) is 5.58. The number of ether oxygens (including phenoxy) is 1. The monoisotopic (exact) mass is 266 g/mol. The van der Waals surface area contributed by atoms with E-state index in [1.165, 1.54) is 11.2 Å². The van der Waals surface area contributed by atoms with Gasteiger partial charge in [-0.05, 0) is 19.8 Å². The molecule has 5 nitrogen and oxygen atoms in total. The molecule has 7 heteroatoms. The van der Waals surface area contributed by atoms with Gasteiger partial charge in [0.05, 0.1) is 11.1 Å². The molecule has 0 bridgehead atoms. The van der Waals surface area contributed by atoms with Gasteiger partial charge in [-0.2, -0.15) is 4.31 Å². The minimum absolute atomic E-state index is 0.0135. The van der Waals surface area contributed by atoms with Crippen molar-refractivity contribution in [3.63, 3.8) is 0 Å². The maximum atomic E-state index is 12.1. The molecular formula is C9H18N2O3S2. The molecule has 1 heterocycles. The summed E-state index contributed by atoms with van der Waals surface area (Å²) in [6.45, 7) is 2.44. The van der Waals surface area contributed by atoms with E-state index in [1.54, 1.807) is 7.11 Å². The van der Waals surface area contributed by atoms with Crippen LogP contribution in [0.3, 0.4) is 0 Å². The van der Waals surface area contributed by atoms with E-state index >= 15 is 0 Å². The van der Waals surface area contributed by atoms with Crippen LogP contribution in [0.25, 0.3) is 0 Å². The molecular weight excluding hydrogens is 248 g/mol. The van der Waals surface area contributed by atoms with Gasteiger partial charge in [0.15, 0.2) is 0 Å². The second-order valence-corrected chi connectivity index (χ2v) is 6.67. The van der Waals surface area contributed by atoms with E-state index < -0.39 is 15.3 Å². The summed E-state index contributed by atoms with van der Waals surface area (Å²) >= 11 is 4.73.